The molecule has 0 aromatic heterocycles. The number of aliphatic hydroxyl groups is 1. The number of aliphatic hydroxyl groups excluding tert-OH is 1. The Morgan fingerprint density at radius 1 is 1.50 bits per heavy atom. The van der Waals surface area contributed by atoms with Gasteiger partial charge in [0.1, 0.15) is 5.82 Å². The zero-order valence-electron chi connectivity index (χ0n) is 9.66. The number of methoxy groups -OCH3 is 1. The highest BCUT2D eigenvalue weighted by Gasteiger charge is 2.06. The van der Waals surface area contributed by atoms with Crippen molar-refractivity contribution in [3.8, 4) is 0 Å². The Hall–Kier alpha value is -0.970. The van der Waals surface area contributed by atoms with Gasteiger partial charge in [0.25, 0.3) is 0 Å². The second kappa shape index (κ2) is 6.58. The fourth-order valence-corrected chi connectivity index (χ4v) is 1.46. The number of nitrogens with one attached hydrogen (secondary N) is 1. The predicted octanol–water partition coefficient (Wildman–Crippen LogP) is 1.23. The van der Waals surface area contributed by atoms with E-state index in [-0.39, 0.29) is 18.5 Å². The van der Waals surface area contributed by atoms with Crippen LogP contribution in [0.15, 0.2) is 18.2 Å². The van der Waals surface area contributed by atoms with E-state index in [2.05, 4.69) is 5.32 Å². The van der Waals surface area contributed by atoms with E-state index < -0.39 is 0 Å². The van der Waals surface area contributed by atoms with Crippen molar-refractivity contribution in [1.29, 1.82) is 0 Å². The normalized spacial score (nSPS) is 12.8. The molecule has 2 N–H and O–H groups in total. The smallest absolute Gasteiger partial charge is 0.126 e. The van der Waals surface area contributed by atoms with Gasteiger partial charge in [0.15, 0.2) is 0 Å². The lowest BCUT2D eigenvalue weighted by molar-refractivity contribution is 0.128. The minimum Gasteiger partial charge on any atom is -0.395 e. The molecule has 0 spiro atoms. The molecular formula is C12H18FNO2. The van der Waals surface area contributed by atoms with Crippen molar-refractivity contribution in [2.45, 2.75) is 19.5 Å². The van der Waals surface area contributed by atoms with Crippen molar-refractivity contribution in [1.82, 2.24) is 5.32 Å². The SMILES string of the molecule is COCC(CO)NCc1ccc(F)c(C)c1. The lowest BCUT2D eigenvalue weighted by Crippen LogP contribution is -2.35. The Morgan fingerprint density at radius 2 is 2.25 bits per heavy atom. The first-order valence-corrected chi connectivity index (χ1v) is 5.25. The van der Waals surface area contributed by atoms with Crippen LogP contribution in [0.5, 0.6) is 0 Å². The van der Waals surface area contributed by atoms with E-state index in [4.69, 9.17) is 9.84 Å². The van der Waals surface area contributed by atoms with Gasteiger partial charge in [0.2, 0.25) is 0 Å². The van der Waals surface area contributed by atoms with Gasteiger partial charge in [-0.3, -0.25) is 0 Å². The summed E-state index contributed by atoms with van der Waals surface area (Å²) in [5.74, 6) is -0.195. The van der Waals surface area contributed by atoms with Crippen molar-refractivity contribution in [2.75, 3.05) is 20.3 Å². The molecule has 1 rings (SSSR count). The zero-order chi connectivity index (χ0) is 12.0. The Balaban J connectivity index is 2.50. The summed E-state index contributed by atoms with van der Waals surface area (Å²) < 4.78 is 17.9. The first kappa shape index (κ1) is 13.1. The fraction of sp³-hybridized carbons (Fsp3) is 0.500. The summed E-state index contributed by atoms with van der Waals surface area (Å²) in [4.78, 5) is 0. The molecule has 3 nitrogen and oxygen atoms in total. The third-order valence-corrected chi connectivity index (χ3v) is 2.41. The lowest BCUT2D eigenvalue weighted by atomic mass is 10.1. The van der Waals surface area contributed by atoms with Crippen LogP contribution >= 0.6 is 0 Å². The molecule has 0 aliphatic carbocycles. The number of benzene rings is 1. The van der Waals surface area contributed by atoms with E-state index in [1.807, 2.05) is 0 Å². The largest absolute Gasteiger partial charge is 0.395 e. The summed E-state index contributed by atoms with van der Waals surface area (Å²) in [6, 6.07) is 4.90. The summed E-state index contributed by atoms with van der Waals surface area (Å²) in [7, 11) is 1.59. The van der Waals surface area contributed by atoms with Crippen molar-refractivity contribution in [3.05, 3.63) is 35.1 Å². The molecule has 0 radical (unpaired) electrons. The fourth-order valence-electron chi connectivity index (χ4n) is 1.46. The van der Waals surface area contributed by atoms with Gasteiger partial charge >= 0.3 is 0 Å². The van der Waals surface area contributed by atoms with Crippen LogP contribution in [0, 0.1) is 12.7 Å². The maximum absolute atomic E-state index is 13.0. The number of rotatable bonds is 6. The molecule has 90 valence electrons. The molecule has 1 unspecified atom stereocenters. The third kappa shape index (κ3) is 3.89. The van der Waals surface area contributed by atoms with E-state index in [0.29, 0.717) is 18.7 Å². The highest BCUT2D eigenvalue weighted by Crippen LogP contribution is 2.09. The minimum atomic E-state index is -0.195. The van der Waals surface area contributed by atoms with Crippen LogP contribution in [0.3, 0.4) is 0 Å². The molecule has 0 saturated heterocycles. The van der Waals surface area contributed by atoms with Crippen LogP contribution in [0.2, 0.25) is 0 Å². The van der Waals surface area contributed by atoms with E-state index >= 15 is 0 Å². The first-order chi connectivity index (χ1) is 7.67. The van der Waals surface area contributed by atoms with Gasteiger partial charge in [-0.15, -0.1) is 0 Å². The van der Waals surface area contributed by atoms with Crippen molar-refractivity contribution < 1.29 is 14.2 Å². The molecule has 1 aromatic carbocycles. The molecule has 0 aliphatic rings. The highest BCUT2D eigenvalue weighted by molar-refractivity contribution is 5.23. The number of halogens is 1. The summed E-state index contributed by atoms with van der Waals surface area (Å²) >= 11 is 0. The third-order valence-electron chi connectivity index (χ3n) is 2.41. The minimum absolute atomic E-state index is 0.0218. The molecule has 1 aromatic rings. The van der Waals surface area contributed by atoms with Crippen molar-refractivity contribution in [2.24, 2.45) is 0 Å². The Labute approximate surface area is 95.2 Å². The van der Waals surface area contributed by atoms with Crippen LogP contribution in [0.1, 0.15) is 11.1 Å². The van der Waals surface area contributed by atoms with Gasteiger partial charge in [-0.05, 0) is 24.1 Å². The molecule has 16 heavy (non-hydrogen) atoms. The van der Waals surface area contributed by atoms with E-state index in [1.165, 1.54) is 6.07 Å². The number of hydrogen-bond donors (Lipinski definition) is 2. The van der Waals surface area contributed by atoms with Crippen molar-refractivity contribution in [3.63, 3.8) is 0 Å². The maximum atomic E-state index is 13.0. The van der Waals surface area contributed by atoms with Crippen LogP contribution in [0.4, 0.5) is 4.39 Å². The second-order valence-corrected chi connectivity index (χ2v) is 3.80. The number of aryl methyl sites for hydroxylation is 1. The van der Waals surface area contributed by atoms with E-state index in [0.717, 1.165) is 5.56 Å². The quantitative estimate of drug-likeness (QED) is 0.768. The average Bonchev–Trinajstić information content (AvgIpc) is 2.28. The molecule has 4 heteroatoms. The topological polar surface area (TPSA) is 41.5 Å². The van der Waals surface area contributed by atoms with Gasteiger partial charge in [-0.25, -0.2) is 4.39 Å². The van der Waals surface area contributed by atoms with Gasteiger partial charge in [0.05, 0.1) is 19.3 Å². The van der Waals surface area contributed by atoms with Gasteiger partial charge in [-0.2, -0.15) is 0 Å². The predicted molar refractivity (Wildman–Crippen MR) is 60.7 cm³/mol. The Kier molecular flexibility index (Phi) is 5.38. The monoisotopic (exact) mass is 227 g/mol. The number of hydrogen-bond acceptors (Lipinski definition) is 3. The van der Waals surface area contributed by atoms with Crippen LogP contribution < -0.4 is 5.32 Å². The molecule has 0 fully saturated rings. The Bertz CT molecular complexity index is 331. The molecule has 1 atom stereocenters. The summed E-state index contributed by atoms with van der Waals surface area (Å²) in [6.07, 6.45) is 0. The van der Waals surface area contributed by atoms with E-state index in [9.17, 15) is 4.39 Å². The molecule has 0 heterocycles. The molecule has 0 saturated carbocycles. The molecule has 0 bridgehead atoms. The van der Waals surface area contributed by atoms with Crippen molar-refractivity contribution >= 4 is 0 Å². The van der Waals surface area contributed by atoms with Crippen LogP contribution in [0.25, 0.3) is 0 Å². The zero-order valence-corrected chi connectivity index (χ0v) is 9.66. The molecular weight excluding hydrogens is 209 g/mol. The summed E-state index contributed by atoms with van der Waals surface area (Å²) in [5.41, 5.74) is 1.63. The summed E-state index contributed by atoms with van der Waals surface area (Å²) in [6.45, 7) is 2.80. The van der Waals surface area contributed by atoms with E-state index in [1.54, 1.807) is 26.2 Å². The Morgan fingerprint density at radius 3 is 2.81 bits per heavy atom. The molecule has 0 amide bonds. The number of ether oxygens (including phenoxy) is 1. The van der Waals surface area contributed by atoms with Gasteiger partial charge in [-0.1, -0.05) is 12.1 Å². The second-order valence-electron chi connectivity index (χ2n) is 3.80. The standard InChI is InChI=1S/C12H18FNO2/c1-9-5-10(3-4-12(9)13)6-14-11(7-15)8-16-2/h3-5,11,14-15H,6-8H2,1-2H3. The van der Waals surface area contributed by atoms with Crippen LogP contribution in [-0.2, 0) is 11.3 Å². The maximum Gasteiger partial charge on any atom is 0.126 e. The van der Waals surface area contributed by atoms with Gasteiger partial charge < -0.3 is 15.2 Å². The molecule has 0 aliphatic heterocycles. The summed E-state index contributed by atoms with van der Waals surface area (Å²) in [5, 5.41) is 12.2. The first-order valence-electron chi connectivity index (χ1n) is 5.25. The van der Waals surface area contributed by atoms with Crippen LogP contribution in [-0.4, -0.2) is 31.5 Å². The average molecular weight is 227 g/mol. The highest BCUT2D eigenvalue weighted by atomic mass is 19.1. The van der Waals surface area contributed by atoms with Gasteiger partial charge in [0, 0.05) is 13.7 Å². The lowest BCUT2D eigenvalue weighted by Gasteiger charge is -2.15.